The Hall–Kier alpha value is -1.60. The van der Waals surface area contributed by atoms with Crippen LogP contribution in [0.15, 0.2) is 24.3 Å². The first-order valence-corrected chi connectivity index (χ1v) is 8.21. The van der Waals surface area contributed by atoms with Crippen molar-refractivity contribution in [1.29, 1.82) is 0 Å². The molecule has 0 aliphatic rings. The highest BCUT2D eigenvalue weighted by Crippen LogP contribution is 2.23. The summed E-state index contributed by atoms with van der Waals surface area (Å²) in [5.74, 6) is -0.429. The molecule has 0 spiro atoms. The molecule has 1 rings (SSSR count). The number of hydrogen-bond acceptors (Lipinski definition) is 4. The molecule has 6 nitrogen and oxygen atoms in total. The van der Waals surface area contributed by atoms with Crippen LogP contribution in [0.3, 0.4) is 0 Å². The first kappa shape index (κ1) is 16.5. The summed E-state index contributed by atoms with van der Waals surface area (Å²) in [5, 5.41) is 2.72. The number of nitrogens with one attached hydrogen (secondary N) is 2. The van der Waals surface area contributed by atoms with Gasteiger partial charge in [-0.05, 0) is 18.1 Å². The number of anilines is 2. The monoisotopic (exact) mass is 299 g/mol. The molecule has 1 unspecified atom stereocenters. The zero-order chi connectivity index (χ0) is 15.3. The van der Waals surface area contributed by atoms with E-state index in [4.69, 9.17) is 5.73 Å². The summed E-state index contributed by atoms with van der Waals surface area (Å²) in [4.78, 5) is 12.1. The minimum Gasteiger partial charge on any atom is -0.330 e. The van der Waals surface area contributed by atoms with Crippen molar-refractivity contribution in [2.24, 2.45) is 17.6 Å². The van der Waals surface area contributed by atoms with Crippen molar-refractivity contribution in [3.63, 3.8) is 0 Å². The van der Waals surface area contributed by atoms with Crippen LogP contribution >= 0.6 is 0 Å². The Bertz CT molecular complexity index is 570. The third-order valence-corrected chi connectivity index (χ3v) is 3.47. The molecule has 0 aliphatic carbocycles. The van der Waals surface area contributed by atoms with Gasteiger partial charge in [0.2, 0.25) is 15.9 Å². The highest BCUT2D eigenvalue weighted by Gasteiger charge is 2.21. The Kier molecular flexibility index (Phi) is 5.52. The Morgan fingerprint density at radius 3 is 2.25 bits per heavy atom. The van der Waals surface area contributed by atoms with E-state index < -0.39 is 10.0 Å². The van der Waals surface area contributed by atoms with Crippen molar-refractivity contribution in [3.05, 3.63) is 24.3 Å². The lowest BCUT2D eigenvalue weighted by Crippen LogP contribution is -2.33. The molecule has 1 amide bonds. The summed E-state index contributed by atoms with van der Waals surface area (Å²) < 4.78 is 25.0. The van der Waals surface area contributed by atoms with E-state index in [1.165, 1.54) is 0 Å². The van der Waals surface area contributed by atoms with Crippen molar-refractivity contribution < 1.29 is 13.2 Å². The summed E-state index contributed by atoms with van der Waals surface area (Å²) in [6.45, 7) is 4.07. The Labute approximate surface area is 119 Å². The normalized spacial score (nSPS) is 13.1. The number of rotatable bonds is 6. The van der Waals surface area contributed by atoms with E-state index in [1.807, 2.05) is 13.8 Å². The number of carbonyl (C=O) groups is 1. The van der Waals surface area contributed by atoms with Gasteiger partial charge in [0.1, 0.15) is 0 Å². The molecule has 0 saturated carbocycles. The number of carbonyl (C=O) groups excluding carboxylic acids is 1. The second-order valence-electron chi connectivity index (χ2n) is 5.00. The fourth-order valence-corrected chi connectivity index (χ4v) is 2.37. The van der Waals surface area contributed by atoms with Gasteiger partial charge in [-0.25, -0.2) is 8.42 Å². The number of benzene rings is 1. The molecular formula is C13H21N3O3S. The van der Waals surface area contributed by atoms with Crippen LogP contribution in [0.5, 0.6) is 0 Å². The SMILES string of the molecule is CC(C)C(CN)C(=O)Nc1ccccc1NS(C)(=O)=O. The summed E-state index contributed by atoms with van der Waals surface area (Å²) in [7, 11) is -3.40. The van der Waals surface area contributed by atoms with Gasteiger partial charge in [0.15, 0.2) is 0 Å². The quantitative estimate of drug-likeness (QED) is 0.735. The smallest absolute Gasteiger partial charge is 0.229 e. The van der Waals surface area contributed by atoms with Crippen molar-refractivity contribution in [3.8, 4) is 0 Å². The lowest BCUT2D eigenvalue weighted by molar-refractivity contribution is -0.120. The topological polar surface area (TPSA) is 101 Å². The van der Waals surface area contributed by atoms with Crippen LogP contribution in [-0.2, 0) is 14.8 Å². The predicted molar refractivity (Wildman–Crippen MR) is 80.9 cm³/mol. The van der Waals surface area contributed by atoms with Crippen molar-refractivity contribution >= 4 is 27.3 Å². The molecule has 0 heterocycles. The Morgan fingerprint density at radius 1 is 1.25 bits per heavy atom. The van der Waals surface area contributed by atoms with Gasteiger partial charge in [-0.2, -0.15) is 0 Å². The maximum absolute atomic E-state index is 12.1. The van der Waals surface area contributed by atoms with Crippen LogP contribution in [0.4, 0.5) is 11.4 Å². The molecular weight excluding hydrogens is 278 g/mol. The number of para-hydroxylation sites is 2. The summed E-state index contributed by atoms with van der Waals surface area (Å²) in [5.41, 5.74) is 6.35. The zero-order valence-electron chi connectivity index (χ0n) is 11.9. The minimum atomic E-state index is -3.40. The Morgan fingerprint density at radius 2 is 1.80 bits per heavy atom. The van der Waals surface area contributed by atoms with Crippen LogP contribution in [-0.4, -0.2) is 27.1 Å². The van der Waals surface area contributed by atoms with E-state index in [1.54, 1.807) is 24.3 Å². The van der Waals surface area contributed by atoms with Gasteiger partial charge in [0, 0.05) is 6.54 Å². The molecule has 1 aromatic carbocycles. The van der Waals surface area contributed by atoms with E-state index in [9.17, 15) is 13.2 Å². The summed E-state index contributed by atoms with van der Waals surface area (Å²) in [6.07, 6.45) is 1.06. The van der Waals surface area contributed by atoms with Gasteiger partial charge >= 0.3 is 0 Å². The molecule has 112 valence electrons. The third-order valence-electron chi connectivity index (χ3n) is 2.88. The highest BCUT2D eigenvalue weighted by atomic mass is 32.2. The van der Waals surface area contributed by atoms with Gasteiger partial charge in [-0.15, -0.1) is 0 Å². The van der Waals surface area contributed by atoms with E-state index in [-0.39, 0.29) is 24.3 Å². The largest absolute Gasteiger partial charge is 0.330 e. The standard InChI is InChI=1S/C13H21N3O3S/c1-9(2)10(8-14)13(17)15-11-6-4-5-7-12(11)16-20(3,18)19/h4-7,9-10,16H,8,14H2,1-3H3,(H,15,17). The highest BCUT2D eigenvalue weighted by molar-refractivity contribution is 7.92. The van der Waals surface area contributed by atoms with Crippen LogP contribution < -0.4 is 15.8 Å². The fourth-order valence-electron chi connectivity index (χ4n) is 1.79. The predicted octanol–water partition coefficient (Wildman–Crippen LogP) is 1.23. The Balaban J connectivity index is 2.95. The molecule has 7 heteroatoms. The van der Waals surface area contributed by atoms with E-state index in [0.29, 0.717) is 11.4 Å². The molecule has 0 bridgehead atoms. The molecule has 0 saturated heterocycles. The van der Waals surface area contributed by atoms with E-state index in [0.717, 1.165) is 6.26 Å². The van der Waals surface area contributed by atoms with E-state index >= 15 is 0 Å². The van der Waals surface area contributed by atoms with Crippen molar-refractivity contribution in [2.45, 2.75) is 13.8 Å². The zero-order valence-corrected chi connectivity index (χ0v) is 12.7. The number of sulfonamides is 1. The van der Waals surface area contributed by atoms with Gasteiger partial charge in [0.05, 0.1) is 23.5 Å². The molecule has 0 aliphatic heterocycles. The van der Waals surface area contributed by atoms with Gasteiger partial charge in [0.25, 0.3) is 0 Å². The first-order chi connectivity index (χ1) is 9.24. The lowest BCUT2D eigenvalue weighted by atomic mass is 9.95. The third kappa shape index (κ3) is 4.82. The fraction of sp³-hybridized carbons (Fsp3) is 0.462. The molecule has 1 aromatic rings. The lowest BCUT2D eigenvalue weighted by Gasteiger charge is -2.19. The maximum Gasteiger partial charge on any atom is 0.229 e. The number of amides is 1. The average Bonchev–Trinajstić information content (AvgIpc) is 2.30. The maximum atomic E-state index is 12.1. The molecule has 20 heavy (non-hydrogen) atoms. The van der Waals surface area contributed by atoms with Crippen LogP contribution in [0.1, 0.15) is 13.8 Å². The second kappa shape index (κ2) is 6.71. The number of nitrogens with two attached hydrogens (primary N) is 1. The summed E-state index contributed by atoms with van der Waals surface area (Å²) >= 11 is 0. The number of hydrogen-bond donors (Lipinski definition) is 3. The van der Waals surface area contributed by atoms with Gasteiger partial charge in [-0.3, -0.25) is 9.52 Å². The minimum absolute atomic E-state index is 0.107. The van der Waals surface area contributed by atoms with Crippen LogP contribution in [0, 0.1) is 11.8 Å². The first-order valence-electron chi connectivity index (χ1n) is 6.32. The molecule has 0 aromatic heterocycles. The van der Waals surface area contributed by atoms with Crippen molar-refractivity contribution in [2.75, 3.05) is 22.8 Å². The van der Waals surface area contributed by atoms with Crippen LogP contribution in [0.2, 0.25) is 0 Å². The van der Waals surface area contributed by atoms with Gasteiger partial charge in [-0.1, -0.05) is 26.0 Å². The summed E-state index contributed by atoms with van der Waals surface area (Å²) in [6, 6.07) is 6.63. The van der Waals surface area contributed by atoms with E-state index in [2.05, 4.69) is 10.0 Å². The van der Waals surface area contributed by atoms with Gasteiger partial charge < -0.3 is 11.1 Å². The molecule has 0 radical (unpaired) electrons. The molecule has 0 fully saturated rings. The second-order valence-corrected chi connectivity index (χ2v) is 6.74. The average molecular weight is 299 g/mol. The van der Waals surface area contributed by atoms with Crippen LogP contribution in [0.25, 0.3) is 0 Å². The molecule has 1 atom stereocenters. The van der Waals surface area contributed by atoms with Crippen molar-refractivity contribution in [1.82, 2.24) is 0 Å². The molecule has 4 N–H and O–H groups in total.